The normalized spacial score (nSPS) is 11.4. The second-order valence-electron chi connectivity index (χ2n) is 4.59. The number of rotatable bonds is 5. The summed E-state index contributed by atoms with van der Waals surface area (Å²) in [6.45, 7) is 5.74. The summed E-state index contributed by atoms with van der Waals surface area (Å²) in [5.41, 5.74) is 1.76. The third kappa shape index (κ3) is 4.66. The first kappa shape index (κ1) is 15.1. The van der Waals surface area contributed by atoms with E-state index in [-0.39, 0.29) is 11.9 Å². The van der Waals surface area contributed by atoms with Crippen molar-refractivity contribution in [2.24, 2.45) is 0 Å². The van der Waals surface area contributed by atoms with Gasteiger partial charge in [-0.2, -0.15) is 0 Å². The van der Waals surface area contributed by atoms with Crippen LogP contribution in [0.15, 0.2) is 24.3 Å². The Morgan fingerprint density at radius 2 is 1.68 bits per heavy atom. The predicted molar refractivity (Wildman–Crippen MR) is 76.5 cm³/mol. The second kappa shape index (κ2) is 6.83. The van der Waals surface area contributed by atoms with Crippen LogP contribution < -0.4 is 14.8 Å². The first-order valence-electron chi connectivity index (χ1n) is 6.18. The van der Waals surface area contributed by atoms with Crippen LogP contribution >= 0.6 is 0 Å². The highest BCUT2D eigenvalue weighted by Crippen LogP contribution is 2.26. The van der Waals surface area contributed by atoms with E-state index in [9.17, 15) is 4.79 Å². The highest BCUT2D eigenvalue weighted by Gasteiger charge is 2.06. The maximum atomic E-state index is 11.7. The Bertz CT molecular complexity index is 456. The summed E-state index contributed by atoms with van der Waals surface area (Å²) in [6, 6.07) is 5.66. The molecule has 4 nitrogen and oxygen atoms in total. The molecular formula is C15H21NO3. The van der Waals surface area contributed by atoms with Gasteiger partial charge in [0.1, 0.15) is 11.5 Å². The Labute approximate surface area is 114 Å². The summed E-state index contributed by atoms with van der Waals surface area (Å²) < 4.78 is 10.4. The first-order valence-corrected chi connectivity index (χ1v) is 6.18. The van der Waals surface area contributed by atoms with E-state index in [0.29, 0.717) is 11.5 Å². The molecule has 0 heterocycles. The van der Waals surface area contributed by atoms with Crippen LogP contribution in [-0.4, -0.2) is 26.2 Å². The summed E-state index contributed by atoms with van der Waals surface area (Å²) in [5.74, 6) is 1.30. The molecule has 0 aliphatic carbocycles. The highest BCUT2D eigenvalue weighted by atomic mass is 16.5. The lowest BCUT2D eigenvalue weighted by molar-refractivity contribution is -0.116. The summed E-state index contributed by atoms with van der Waals surface area (Å²) in [6.07, 6.45) is 1.58. The Balaban J connectivity index is 3.01. The molecule has 1 aromatic carbocycles. The minimum absolute atomic E-state index is 0.103. The van der Waals surface area contributed by atoms with Crippen LogP contribution in [0.2, 0.25) is 0 Å². The molecule has 0 aliphatic rings. The zero-order valence-electron chi connectivity index (χ0n) is 12.1. The average Bonchev–Trinajstić information content (AvgIpc) is 2.36. The van der Waals surface area contributed by atoms with Crippen molar-refractivity contribution < 1.29 is 14.3 Å². The zero-order valence-corrected chi connectivity index (χ0v) is 12.1. The number of allylic oxidation sites excluding steroid dienone is 1. The third-order valence-corrected chi connectivity index (χ3v) is 2.59. The van der Waals surface area contributed by atoms with Crippen molar-refractivity contribution >= 4 is 11.5 Å². The molecule has 19 heavy (non-hydrogen) atoms. The quantitative estimate of drug-likeness (QED) is 0.831. The summed E-state index contributed by atoms with van der Waals surface area (Å²) in [4.78, 5) is 11.7. The van der Waals surface area contributed by atoms with Crippen molar-refractivity contribution in [1.82, 2.24) is 5.32 Å². The van der Waals surface area contributed by atoms with Crippen LogP contribution in [0.4, 0.5) is 0 Å². The summed E-state index contributed by atoms with van der Waals surface area (Å²) in [5, 5.41) is 2.82. The fourth-order valence-electron chi connectivity index (χ4n) is 1.64. The predicted octanol–water partition coefficient (Wildman–Crippen LogP) is 2.63. The van der Waals surface area contributed by atoms with Crippen molar-refractivity contribution in [1.29, 1.82) is 0 Å². The van der Waals surface area contributed by atoms with Crippen LogP contribution in [0.5, 0.6) is 11.5 Å². The number of carbonyl (C=O) groups excluding carboxylic acids is 1. The fourth-order valence-corrected chi connectivity index (χ4v) is 1.64. The molecule has 0 aliphatic heterocycles. The van der Waals surface area contributed by atoms with E-state index in [1.54, 1.807) is 26.4 Å². The largest absolute Gasteiger partial charge is 0.497 e. The molecule has 1 N–H and O–H groups in total. The monoisotopic (exact) mass is 263 g/mol. The van der Waals surface area contributed by atoms with Gasteiger partial charge in [-0.25, -0.2) is 0 Å². The van der Waals surface area contributed by atoms with Crippen LogP contribution in [0.3, 0.4) is 0 Å². The average molecular weight is 263 g/mol. The third-order valence-electron chi connectivity index (χ3n) is 2.59. The van der Waals surface area contributed by atoms with Crippen molar-refractivity contribution in [2.45, 2.75) is 26.8 Å². The van der Waals surface area contributed by atoms with Gasteiger partial charge in [0.05, 0.1) is 14.2 Å². The van der Waals surface area contributed by atoms with E-state index in [0.717, 1.165) is 11.1 Å². The molecule has 1 amide bonds. The fraction of sp³-hybridized carbons (Fsp3) is 0.400. The molecule has 1 aromatic rings. The topological polar surface area (TPSA) is 47.6 Å². The van der Waals surface area contributed by atoms with Gasteiger partial charge in [0.2, 0.25) is 5.91 Å². The van der Waals surface area contributed by atoms with Crippen molar-refractivity contribution in [2.75, 3.05) is 14.2 Å². The molecule has 4 heteroatoms. The first-order chi connectivity index (χ1) is 8.96. The second-order valence-corrected chi connectivity index (χ2v) is 4.59. The molecule has 1 rings (SSSR count). The van der Waals surface area contributed by atoms with Crippen molar-refractivity contribution in [3.8, 4) is 11.5 Å². The maximum absolute atomic E-state index is 11.7. The van der Waals surface area contributed by atoms with E-state index in [1.165, 1.54) is 0 Å². The number of nitrogens with one attached hydrogen (secondary N) is 1. The van der Waals surface area contributed by atoms with E-state index in [4.69, 9.17) is 9.47 Å². The molecule has 0 radical (unpaired) electrons. The molecule has 0 saturated carbocycles. The van der Waals surface area contributed by atoms with Gasteiger partial charge in [0.25, 0.3) is 0 Å². The number of ether oxygens (including phenoxy) is 2. The smallest absolute Gasteiger partial charge is 0.244 e. The van der Waals surface area contributed by atoms with Crippen LogP contribution in [0, 0.1) is 0 Å². The Morgan fingerprint density at radius 1 is 1.16 bits per heavy atom. The molecule has 104 valence electrons. The van der Waals surface area contributed by atoms with Gasteiger partial charge in [-0.1, -0.05) is 0 Å². The molecule has 0 atom stereocenters. The van der Waals surface area contributed by atoms with Crippen LogP contribution in [0.25, 0.3) is 5.57 Å². The van der Waals surface area contributed by atoms with Gasteiger partial charge < -0.3 is 14.8 Å². The molecule has 0 bridgehead atoms. The zero-order chi connectivity index (χ0) is 14.4. The van der Waals surface area contributed by atoms with Gasteiger partial charge in [0.15, 0.2) is 0 Å². The van der Waals surface area contributed by atoms with E-state index in [1.807, 2.05) is 32.9 Å². The van der Waals surface area contributed by atoms with Crippen LogP contribution in [-0.2, 0) is 4.79 Å². The number of carbonyl (C=O) groups is 1. The van der Waals surface area contributed by atoms with Gasteiger partial charge in [0, 0.05) is 18.2 Å². The summed E-state index contributed by atoms with van der Waals surface area (Å²) >= 11 is 0. The van der Waals surface area contributed by atoms with Crippen LogP contribution in [0.1, 0.15) is 26.3 Å². The molecule has 0 aromatic heterocycles. The van der Waals surface area contributed by atoms with Crippen molar-refractivity contribution in [3.63, 3.8) is 0 Å². The molecule has 0 saturated heterocycles. The number of hydrogen-bond acceptors (Lipinski definition) is 3. The molecular weight excluding hydrogens is 242 g/mol. The molecule has 0 spiro atoms. The number of methoxy groups -OCH3 is 2. The van der Waals surface area contributed by atoms with Gasteiger partial charge in [-0.05, 0) is 44.0 Å². The highest BCUT2D eigenvalue weighted by molar-refractivity contribution is 5.95. The number of amides is 1. The lowest BCUT2D eigenvalue weighted by atomic mass is 10.1. The lowest BCUT2D eigenvalue weighted by Crippen LogP contribution is -2.28. The lowest BCUT2D eigenvalue weighted by Gasteiger charge is -2.10. The Kier molecular flexibility index (Phi) is 5.42. The Hall–Kier alpha value is -1.97. The summed E-state index contributed by atoms with van der Waals surface area (Å²) in [7, 11) is 3.20. The SMILES string of the molecule is COc1cc(OC)cc(/C(C)=C/C(=O)NC(C)C)c1. The van der Waals surface area contributed by atoms with Gasteiger partial charge in [-0.3, -0.25) is 4.79 Å². The number of benzene rings is 1. The maximum Gasteiger partial charge on any atom is 0.244 e. The minimum Gasteiger partial charge on any atom is -0.497 e. The van der Waals surface area contributed by atoms with Gasteiger partial charge >= 0.3 is 0 Å². The van der Waals surface area contributed by atoms with Crippen molar-refractivity contribution in [3.05, 3.63) is 29.8 Å². The number of hydrogen-bond donors (Lipinski definition) is 1. The van der Waals surface area contributed by atoms with E-state index >= 15 is 0 Å². The standard InChI is InChI=1S/C15H21NO3/c1-10(2)16-15(17)6-11(3)12-7-13(18-4)9-14(8-12)19-5/h6-10H,1-5H3,(H,16,17)/b11-6+. The Morgan fingerprint density at radius 3 is 2.11 bits per heavy atom. The molecule has 0 unspecified atom stereocenters. The van der Waals surface area contributed by atoms with Gasteiger partial charge in [-0.15, -0.1) is 0 Å². The van der Waals surface area contributed by atoms with E-state index < -0.39 is 0 Å². The minimum atomic E-state index is -0.103. The van der Waals surface area contributed by atoms with E-state index in [2.05, 4.69) is 5.32 Å². The molecule has 0 fully saturated rings.